The van der Waals surface area contributed by atoms with Crippen LogP contribution in [0.3, 0.4) is 0 Å². The Labute approximate surface area is 118 Å². The lowest BCUT2D eigenvalue weighted by atomic mass is 9.93. The normalized spacial score (nSPS) is 23.9. The molecule has 0 saturated heterocycles. The molecular weight excluding hydrogens is 266 g/mol. The van der Waals surface area contributed by atoms with Crippen LogP contribution in [0.25, 0.3) is 0 Å². The van der Waals surface area contributed by atoms with E-state index in [1.807, 2.05) is 23.4 Å². The van der Waals surface area contributed by atoms with Gasteiger partial charge in [-0.2, -0.15) is 0 Å². The molecule has 1 fully saturated rings. The number of halogens is 1. The number of hydrogen-bond donors (Lipinski definition) is 0. The first-order chi connectivity index (χ1) is 8.65. The summed E-state index contributed by atoms with van der Waals surface area (Å²) < 4.78 is 0. The molecule has 1 aliphatic rings. The van der Waals surface area contributed by atoms with Gasteiger partial charge in [-0.25, -0.2) is 0 Å². The zero-order valence-corrected chi connectivity index (χ0v) is 12.6. The zero-order valence-electron chi connectivity index (χ0n) is 11.0. The second-order valence-electron chi connectivity index (χ2n) is 4.91. The van der Waals surface area contributed by atoms with Crippen molar-refractivity contribution in [2.45, 2.75) is 50.4 Å². The number of aryl methyl sites for hydroxylation is 1. The van der Waals surface area contributed by atoms with Gasteiger partial charge in [-0.05, 0) is 36.3 Å². The van der Waals surface area contributed by atoms with Crippen molar-refractivity contribution in [1.82, 2.24) is 4.90 Å². The van der Waals surface area contributed by atoms with E-state index in [1.165, 1.54) is 12.8 Å². The van der Waals surface area contributed by atoms with E-state index < -0.39 is 0 Å². The highest BCUT2D eigenvalue weighted by molar-refractivity contribution is 7.12. The Balaban J connectivity index is 2.13. The number of nitrogens with zero attached hydrogens (tertiary/aromatic N) is 1. The van der Waals surface area contributed by atoms with Crippen molar-refractivity contribution in [3.63, 3.8) is 0 Å². The van der Waals surface area contributed by atoms with Crippen molar-refractivity contribution < 1.29 is 4.79 Å². The van der Waals surface area contributed by atoms with Gasteiger partial charge < -0.3 is 4.90 Å². The molecule has 0 N–H and O–H groups in total. The Bertz CT molecular complexity index is 418. The lowest BCUT2D eigenvalue weighted by Crippen LogP contribution is -2.44. The molecular formula is C14H20ClNOS. The van der Waals surface area contributed by atoms with Gasteiger partial charge >= 0.3 is 0 Å². The second-order valence-corrected chi connectivity index (χ2v) is 6.39. The van der Waals surface area contributed by atoms with E-state index in [2.05, 4.69) is 6.92 Å². The van der Waals surface area contributed by atoms with Crippen LogP contribution in [0, 0.1) is 0 Å². The van der Waals surface area contributed by atoms with E-state index in [1.54, 1.807) is 11.3 Å². The summed E-state index contributed by atoms with van der Waals surface area (Å²) in [5.41, 5.74) is 1.15. The minimum absolute atomic E-state index is 0.109. The maximum absolute atomic E-state index is 12.5. The third kappa shape index (κ3) is 2.72. The fourth-order valence-corrected chi connectivity index (χ4v) is 4.04. The summed E-state index contributed by atoms with van der Waals surface area (Å²) in [5.74, 6) is 0.138. The van der Waals surface area contributed by atoms with Gasteiger partial charge in [-0.1, -0.05) is 19.8 Å². The summed E-state index contributed by atoms with van der Waals surface area (Å²) in [4.78, 5) is 15.3. The van der Waals surface area contributed by atoms with Gasteiger partial charge in [-0.15, -0.1) is 22.9 Å². The molecule has 2 rings (SSSR count). The molecule has 1 aromatic heterocycles. The molecule has 0 aromatic carbocycles. The monoisotopic (exact) mass is 285 g/mol. The van der Waals surface area contributed by atoms with Crippen LogP contribution in [0.1, 0.15) is 47.8 Å². The standard InChI is InChI=1S/C14H20ClNOS/c1-3-10-8-9-18-13(10)14(17)16(2)12-7-5-4-6-11(12)15/h8-9,11-12H,3-7H2,1-2H3. The van der Waals surface area contributed by atoms with Crippen LogP contribution in [0.4, 0.5) is 0 Å². The van der Waals surface area contributed by atoms with Gasteiger partial charge in [0.1, 0.15) is 0 Å². The van der Waals surface area contributed by atoms with Gasteiger partial charge in [0.15, 0.2) is 0 Å². The first-order valence-corrected chi connectivity index (χ1v) is 7.94. The molecule has 2 atom stereocenters. The van der Waals surface area contributed by atoms with E-state index in [-0.39, 0.29) is 17.3 Å². The number of carbonyl (C=O) groups is 1. The van der Waals surface area contributed by atoms with Gasteiger partial charge in [-0.3, -0.25) is 4.79 Å². The van der Waals surface area contributed by atoms with Crippen LogP contribution in [-0.4, -0.2) is 29.3 Å². The quantitative estimate of drug-likeness (QED) is 0.771. The number of amides is 1. The minimum atomic E-state index is 0.109. The van der Waals surface area contributed by atoms with Gasteiger partial charge in [0.05, 0.1) is 10.3 Å². The van der Waals surface area contributed by atoms with Crippen LogP contribution < -0.4 is 0 Å². The molecule has 100 valence electrons. The lowest BCUT2D eigenvalue weighted by Gasteiger charge is -2.34. The summed E-state index contributed by atoms with van der Waals surface area (Å²) in [6.45, 7) is 2.09. The predicted molar refractivity (Wildman–Crippen MR) is 77.7 cm³/mol. The smallest absolute Gasteiger partial charge is 0.264 e. The predicted octanol–water partition coefficient (Wildman–Crippen LogP) is 3.93. The van der Waals surface area contributed by atoms with Crippen molar-refractivity contribution in [2.75, 3.05) is 7.05 Å². The number of hydrogen-bond acceptors (Lipinski definition) is 2. The zero-order chi connectivity index (χ0) is 13.1. The number of rotatable bonds is 3. The molecule has 1 amide bonds. The summed E-state index contributed by atoms with van der Waals surface area (Å²) in [5, 5.41) is 2.11. The molecule has 2 unspecified atom stereocenters. The van der Waals surface area contributed by atoms with Crippen molar-refractivity contribution >= 4 is 28.8 Å². The minimum Gasteiger partial charge on any atom is -0.337 e. The highest BCUT2D eigenvalue weighted by atomic mass is 35.5. The molecule has 1 saturated carbocycles. The Morgan fingerprint density at radius 2 is 2.22 bits per heavy atom. The molecule has 0 aliphatic heterocycles. The SMILES string of the molecule is CCc1ccsc1C(=O)N(C)C1CCCCC1Cl. The van der Waals surface area contributed by atoms with Crippen molar-refractivity contribution in [2.24, 2.45) is 0 Å². The molecule has 0 bridgehead atoms. The first kappa shape index (κ1) is 13.9. The van der Waals surface area contributed by atoms with Crippen LogP contribution in [-0.2, 0) is 6.42 Å². The Kier molecular flexibility index (Phi) is 4.68. The van der Waals surface area contributed by atoms with Crippen molar-refractivity contribution in [1.29, 1.82) is 0 Å². The van der Waals surface area contributed by atoms with Gasteiger partial charge in [0, 0.05) is 13.1 Å². The Hall–Kier alpha value is -0.540. The van der Waals surface area contributed by atoms with E-state index in [0.29, 0.717) is 0 Å². The number of thiophene rings is 1. The Morgan fingerprint density at radius 1 is 1.50 bits per heavy atom. The van der Waals surface area contributed by atoms with Crippen LogP contribution >= 0.6 is 22.9 Å². The highest BCUT2D eigenvalue weighted by Gasteiger charge is 2.30. The van der Waals surface area contributed by atoms with Crippen LogP contribution in [0.15, 0.2) is 11.4 Å². The topological polar surface area (TPSA) is 20.3 Å². The molecule has 1 aliphatic carbocycles. The molecule has 1 heterocycles. The van der Waals surface area contributed by atoms with Gasteiger partial charge in [0.2, 0.25) is 0 Å². The summed E-state index contributed by atoms with van der Waals surface area (Å²) >= 11 is 7.91. The van der Waals surface area contributed by atoms with E-state index in [4.69, 9.17) is 11.6 Å². The molecule has 1 aromatic rings. The second kappa shape index (κ2) is 6.07. The number of alkyl halides is 1. The third-order valence-electron chi connectivity index (χ3n) is 3.79. The largest absolute Gasteiger partial charge is 0.337 e. The number of carbonyl (C=O) groups excluding carboxylic acids is 1. The fraction of sp³-hybridized carbons (Fsp3) is 0.643. The van der Waals surface area contributed by atoms with E-state index in [9.17, 15) is 4.79 Å². The average Bonchev–Trinajstić information content (AvgIpc) is 2.86. The summed E-state index contributed by atoms with van der Waals surface area (Å²) in [6, 6.07) is 2.24. The van der Waals surface area contributed by atoms with Crippen LogP contribution in [0.5, 0.6) is 0 Å². The maximum atomic E-state index is 12.5. The molecule has 4 heteroatoms. The molecule has 18 heavy (non-hydrogen) atoms. The van der Waals surface area contributed by atoms with E-state index in [0.717, 1.165) is 29.7 Å². The Morgan fingerprint density at radius 3 is 2.89 bits per heavy atom. The summed E-state index contributed by atoms with van der Waals surface area (Å²) in [7, 11) is 1.90. The van der Waals surface area contributed by atoms with Crippen molar-refractivity contribution in [3.05, 3.63) is 21.9 Å². The highest BCUT2D eigenvalue weighted by Crippen LogP contribution is 2.29. The lowest BCUT2D eigenvalue weighted by molar-refractivity contribution is 0.0704. The molecule has 0 spiro atoms. The van der Waals surface area contributed by atoms with Gasteiger partial charge in [0.25, 0.3) is 5.91 Å². The first-order valence-electron chi connectivity index (χ1n) is 6.62. The molecule has 0 radical (unpaired) electrons. The van der Waals surface area contributed by atoms with E-state index >= 15 is 0 Å². The third-order valence-corrected chi connectivity index (χ3v) is 5.24. The summed E-state index contributed by atoms with van der Waals surface area (Å²) in [6.07, 6.45) is 5.33. The van der Waals surface area contributed by atoms with Crippen molar-refractivity contribution in [3.8, 4) is 0 Å². The average molecular weight is 286 g/mol. The molecule has 2 nitrogen and oxygen atoms in total. The van der Waals surface area contributed by atoms with Crippen LogP contribution in [0.2, 0.25) is 0 Å². The maximum Gasteiger partial charge on any atom is 0.264 e. The fourth-order valence-electron chi connectivity index (χ4n) is 2.61.